The molecule has 2 saturated carbocycles. The summed E-state index contributed by atoms with van der Waals surface area (Å²) in [6.45, 7) is 0. The summed E-state index contributed by atoms with van der Waals surface area (Å²) in [5.41, 5.74) is 1.97. The van der Waals surface area contributed by atoms with E-state index in [2.05, 4.69) is 11.6 Å². The number of ether oxygens (including phenoxy) is 3. The van der Waals surface area contributed by atoms with E-state index in [9.17, 15) is 0 Å². The molecule has 2 aromatic rings. The highest BCUT2D eigenvalue weighted by atomic mass is 32.1. The minimum absolute atomic E-state index is 0.395. The maximum atomic E-state index is 5.59. The fourth-order valence-electron chi connectivity index (χ4n) is 4.74. The Hall–Kier alpha value is -2.28. The third kappa shape index (κ3) is 5.20. The smallest absolute Gasteiger partial charge is 0.206 e. The van der Waals surface area contributed by atoms with E-state index in [1.807, 2.05) is 16.8 Å². The average molecular weight is 458 g/mol. The molecule has 0 aliphatic heterocycles. The molecule has 2 fully saturated rings. The van der Waals surface area contributed by atoms with Crippen LogP contribution in [0.15, 0.2) is 27.6 Å². The van der Waals surface area contributed by atoms with E-state index in [4.69, 9.17) is 24.3 Å². The van der Waals surface area contributed by atoms with Gasteiger partial charge in [0, 0.05) is 17.2 Å². The maximum absolute atomic E-state index is 5.59. The molecule has 2 aliphatic carbocycles. The Morgan fingerprint density at radius 1 is 0.875 bits per heavy atom. The standard InChI is InChI=1S/C25H35N3O3S/c1-29-22-14-19(15-23(30-2)24(22)31-3)21-17-32-25(27-20-12-8-5-9-13-20)28(21)26-16-18-10-6-4-7-11-18/h14-18,20H,4-13H2,1-3H3. The van der Waals surface area contributed by atoms with Crippen LogP contribution < -0.4 is 19.0 Å². The fraction of sp³-hybridized carbons (Fsp3) is 0.600. The molecule has 174 valence electrons. The van der Waals surface area contributed by atoms with Gasteiger partial charge in [0.2, 0.25) is 10.6 Å². The van der Waals surface area contributed by atoms with E-state index in [0.29, 0.717) is 29.2 Å². The highest BCUT2D eigenvalue weighted by Crippen LogP contribution is 2.41. The normalized spacial score (nSPS) is 18.9. The van der Waals surface area contributed by atoms with Crippen LogP contribution in [0.4, 0.5) is 0 Å². The van der Waals surface area contributed by atoms with Crippen LogP contribution in [0.25, 0.3) is 11.3 Å². The summed E-state index contributed by atoms with van der Waals surface area (Å²) >= 11 is 1.66. The minimum atomic E-state index is 0.395. The molecule has 6 nitrogen and oxygen atoms in total. The SMILES string of the molecule is COc1cc(-c2csc(=NC3CCCCC3)n2N=CC2CCCCC2)cc(OC)c1OC. The molecule has 0 radical (unpaired) electrons. The van der Waals surface area contributed by atoms with Crippen molar-refractivity contribution in [1.29, 1.82) is 0 Å². The summed E-state index contributed by atoms with van der Waals surface area (Å²) in [5.74, 6) is 2.42. The van der Waals surface area contributed by atoms with E-state index in [0.717, 1.165) is 16.1 Å². The van der Waals surface area contributed by atoms with E-state index in [-0.39, 0.29) is 0 Å². The molecule has 32 heavy (non-hydrogen) atoms. The number of thiazole rings is 1. The highest BCUT2D eigenvalue weighted by Gasteiger charge is 2.19. The molecular weight excluding hydrogens is 422 g/mol. The lowest BCUT2D eigenvalue weighted by molar-refractivity contribution is 0.324. The second-order valence-corrected chi connectivity index (χ2v) is 9.55. The average Bonchev–Trinajstić information content (AvgIpc) is 3.25. The zero-order valence-electron chi connectivity index (χ0n) is 19.5. The molecule has 0 atom stereocenters. The van der Waals surface area contributed by atoms with Gasteiger partial charge in [-0.1, -0.05) is 38.5 Å². The number of hydrogen-bond acceptors (Lipinski definition) is 6. The van der Waals surface area contributed by atoms with Crippen LogP contribution in [-0.2, 0) is 0 Å². The molecule has 1 heterocycles. The van der Waals surface area contributed by atoms with Gasteiger partial charge in [-0.2, -0.15) is 5.10 Å². The maximum Gasteiger partial charge on any atom is 0.206 e. The Bertz CT molecular complexity index is 958. The Morgan fingerprint density at radius 2 is 1.50 bits per heavy atom. The third-order valence-corrected chi connectivity index (χ3v) is 7.39. The number of aromatic nitrogens is 1. The Balaban J connectivity index is 1.77. The number of benzene rings is 1. The van der Waals surface area contributed by atoms with E-state index >= 15 is 0 Å². The van der Waals surface area contributed by atoms with Crippen molar-refractivity contribution >= 4 is 17.6 Å². The van der Waals surface area contributed by atoms with Gasteiger partial charge in [-0.15, -0.1) is 11.3 Å². The van der Waals surface area contributed by atoms with Crippen molar-refractivity contribution in [2.45, 2.75) is 70.3 Å². The second-order valence-electron chi connectivity index (χ2n) is 8.71. The molecule has 0 amide bonds. The number of hydrogen-bond donors (Lipinski definition) is 0. The van der Waals surface area contributed by atoms with Crippen molar-refractivity contribution in [2.75, 3.05) is 21.3 Å². The van der Waals surface area contributed by atoms with Gasteiger partial charge in [0.05, 0.1) is 33.1 Å². The molecule has 4 rings (SSSR count). The van der Waals surface area contributed by atoms with Crippen molar-refractivity contribution in [3.05, 3.63) is 22.3 Å². The van der Waals surface area contributed by atoms with Crippen LogP contribution in [0.3, 0.4) is 0 Å². The fourth-order valence-corrected chi connectivity index (χ4v) is 5.65. The molecule has 0 unspecified atom stereocenters. The lowest BCUT2D eigenvalue weighted by Crippen LogP contribution is -2.19. The summed E-state index contributed by atoms with van der Waals surface area (Å²) in [6.07, 6.45) is 14.7. The van der Waals surface area contributed by atoms with E-state index in [1.54, 1.807) is 32.7 Å². The molecule has 0 bridgehead atoms. The summed E-state index contributed by atoms with van der Waals surface area (Å²) in [6, 6.07) is 4.37. The number of methoxy groups -OCH3 is 3. The molecule has 7 heteroatoms. The predicted octanol–water partition coefficient (Wildman–Crippen LogP) is 5.89. The summed E-state index contributed by atoms with van der Waals surface area (Å²) in [5, 5.41) is 7.12. The molecular formula is C25H35N3O3S. The molecule has 0 N–H and O–H groups in total. The summed E-state index contributed by atoms with van der Waals surface area (Å²) < 4.78 is 18.7. The topological polar surface area (TPSA) is 57.3 Å². The Labute approximate surface area is 194 Å². The quantitative estimate of drug-likeness (QED) is 0.487. The van der Waals surface area contributed by atoms with E-state index < -0.39 is 0 Å². The first-order valence-corrected chi connectivity index (χ1v) is 12.7. The molecule has 0 saturated heterocycles. The van der Waals surface area contributed by atoms with Crippen LogP contribution in [0.1, 0.15) is 64.2 Å². The van der Waals surface area contributed by atoms with Crippen LogP contribution in [0, 0.1) is 5.92 Å². The van der Waals surface area contributed by atoms with Crippen molar-refractivity contribution in [3.8, 4) is 28.5 Å². The molecule has 1 aromatic heterocycles. The Kier molecular flexibility index (Phi) is 7.90. The monoisotopic (exact) mass is 457 g/mol. The van der Waals surface area contributed by atoms with Gasteiger partial charge in [0.15, 0.2) is 11.5 Å². The van der Waals surface area contributed by atoms with E-state index in [1.165, 1.54) is 64.2 Å². The summed E-state index contributed by atoms with van der Waals surface area (Å²) in [7, 11) is 4.92. The second kappa shape index (κ2) is 11.0. The molecule has 0 spiro atoms. The summed E-state index contributed by atoms with van der Waals surface area (Å²) in [4.78, 5) is 6.09. The molecule has 1 aromatic carbocycles. The van der Waals surface area contributed by atoms with Gasteiger partial charge in [0.25, 0.3) is 0 Å². The predicted molar refractivity (Wildman–Crippen MR) is 130 cm³/mol. The van der Waals surface area contributed by atoms with Crippen LogP contribution in [-0.4, -0.2) is 38.3 Å². The first kappa shape index (κ1) is 22.9. The number of rotatable bonds is 7. The van der Waals surface area contributed by atoms with Crippen LogP contribution in [0.5, 0.6) is 17.2 Å². The number of nitrogens with zero attached hydrogens (tertiary/aromatic N) is 3. The lowest BCUT2D eigenvalue weighted by Gasteiger charge is -2.18. The van der Waals surface area contributed by atoms with Crippen molar-refractivity contribution < 1.29 is 14.2 Å². The largest absolute Gasteiger partial charge is 0.493 e. The minimum Gasteiger partial charge on any atom is -0.493 e. The highest BCUT2D eigenvalue weighted by molar-refractivity contribution is 7.07. The first-order valence-electron chi connectivity index (χ1n) is 11.8. The molecule has 2 aliphatic rings. The first-order chi connectivity index (χ1) is 15.7. The zero-order valence-corrected chi connectivity index (χ0v) is 20.3. The Morgan fingerprint density at radius 3 is 2.09 bits per heavy atom. The van der Waals surface area contributed by atoms with Gasteiger partial charge >= 0.3 is 0 Å². The van der Waals surface area contributed by atoms with Gasteiger partial charge in [0.1, 0.15) is 0 Å². The third-order valence-electron chi connectivity index (χ3n) is 6.56. The lowest BCUT2D eigenvalue weighted by atomic mass is 9.90. The van der Waals surface area contributed by atoms with Gasteiger partial charge in [-0.25, -0.2) is 4.68 Å². The van der Waals surface area contributed by atoms with Gasteiger partial charge in [-0.3, -0.25) is 4.99 Å². The van der Waals surface area contributed by atoms with Crippen molar-refractivity contribution in [1.82, 2.24) is 4.68 Å². The van der Waals surface area contributed by atoms with Gasteiger partial charge in [-0.05, 0) is 43.7 Å². The van der Waals surface area contributed by atoms with Gasteiger partial charge < -0.3 is 14.2 Å². The van der Waals surface area contributed by atoms with Crippen molar-refractivity contribution in [2.24, 2.45) is 16.0 Å². The van der Waals surface area contributed by atoms with Crippen LogP contribution in [0.2, 0.25) is 0 Å². The zero-order chi connectivity index (χ0) is 22.3. The van der Waals surface area contributed by atoms with Crippen LogP contribution >= 0.6 is 11.3 Å². The van der Waals surface area contributed by atoms with Crippen molar-refractivity contribution in [3.63, 3.8) is 0 Å².